The van der Waals surface area contributed by atoms with Gasteiger partial charge in [0.1, 0.15) is 5.84 Å². The standard InChI is InChI=1S/C21H16N2O2/c24-19-17-12-14-6-4-5-7-15(14)13-18(17)22-20-21(19,25)10-11-23(20)16-8-2-1-3-9-16/h1-9,12-13,25H,10-11H2/t21-/m1/s1. The third-order valence-corrected chi connectivity index (χ3v) is 5.10. The molecule has 1 N–H and O–H groups in total. The average Bonchev–Trinajstić information content (AvgIpc) is 2.99. The molecule has 4 heteroatoms. The number of Topliss-reactive ketones (excluding diaryl/α,β-unsaturated/α-hetero) is 1. The fourth-order valence-corrected chi connectivity index (χ4v) is 3.78. The van der Waals surface area contributed by atoms with Gasteiger partial charge >= 0.3 is 0 Å². The topological polar surface area (TPSA) is 52.9 Å². The van der Waals surface area contributed by atoms with Crippen LogP contribution in [0.3, 0.4) is 0 Å². The lowest BCUT2D eigenvalue weighted by molar-refractivity contribution is 0.0602. The van der Waals surface area contributed by atoms with E-state index in [0.29, 0.717) is 30.1 Å². The minimum Gasteiger partial charge on any atom is -0.374 e. The largest absolute Gasteiger partial charge is 0.374 e. The van der Waals surface area contributed by atoms with Crippen LogP contribution in [0.5, 0.6) is 0 Å². The third kappa shape index (κ3) is 1.98. The van der Waals surface area contributed by atoms with E-state index in [-0.39, 0.29) is 5.78 Å². The van der Waals surface area contributed by atoms with E-state index in [1.165, 1.54) is 0 Å². The van der Waals surface area contributed by atoms with Crippen molar-refractivity contribution in [3.8, 4) is 0 Å². The van der Waals surface area contributed by atoms with Crippen molar-refractivity contribution in [1.82, 2.24) is 0 Å². The van der Waals surface area contributed by atoms with Crippen LogP contribution >= 0.6 is 0 Å². The van der Waals surface area contributed by atoms with Gasteiger partial charge in [-0.05, 0) is 35.0 Å². The number of benzene rings is 3. The number of hydrogen-bond acceptors (Lipinski definition) is 4. The number of hydrogen-bond donors (Lipinski definition) is 1. The zero-order valence-corrected chi connectivity index (χ0v) is 13.5. The predicted molar refractivity (Wildman–Crippen MR) is 98.7 cm³/mol. The number of fused-ring (bicyclic) bond motifs is 3. The molecule has 3 aromatic rings. The van der Waals surface area contributed by atoms with Crippen molar-refractivity contribution in [1.29, 1.82) is 0 Å². The van der Waals surface area contributed by atoms with Gasteiger partial charge in [-0.15, -0.1) is 0 Å². The Kier molecular flexibility index (Phi) is 2.88. The molecule has 25 heavy (non-hydrogen) atoms. The quantitative estimate of drug-likeness (QED) is 0.741. The van der Waals surface area contributed by atoms with Gasteiger partial charge in [0.15, 0.2) is 5.60 Å². The van der Waals surface area contributed by atoms with Crippen LogP contribution in [0.15, 0.2) is 71.7 Å². The van der Waals surface area contributed by atoms with Gasteiger partial charge in [-0.25, -0.2) is 4.99 Å². The van der Waals surface area contributed by atoms with Gasteiger partial charge in [-0.2, -0.15) is 0 Å². The van der Waals surface area contributed by atoms with E-state index < -0.39 is 5.60 Å². The highest BCUT2D eigenvalue weighted by molar-refractivity contribution is 6.29. The second kappa shape index (κ2) is 5.01. The molecule has 3 aromatic carbocycles. The molecule has 0 aromatic heterocycles. The van der Waals surface area contributed by atoms with Crippen LogP contribution in [0, 0.1) is 0 Å². The van der Waals surface area contributed by atoms with Crippen LogP contribution in [0.4, 0.5) is 11.4 Å². The molecule has 0 saturated carbocycles. The summed E-state index contributed by atoms with van der Waals surface area (Å²) >= 11 is 0. The number of nitrogens with zero attached hydrogens (tertiary/aromatic N) is 2. The van der Waals surface area contributed by atoms with E-state index in [1.54, 1.807) is 0 Å². The first-order chi connectivity index (χ1) is 12.2. The molecule has 0 spiro atoms. The van der Waals surface area contributed by atoms with E-state index in [2.05, 4.69) is 0 Å². The summed E-state index contributed by atoms with van der Waals surface area (Å²) in [7, 11) is 0. The molecular weight excluding hydrogens is 312 g/mol. The highest BCUT2D eigenvalue weighted by atomic mass is 16.3. The van der Waals surface area contributed by atoms with E-state index in [4.69, 9.17) is 4.99 Å². The fourth-order valence-electron chi connectivity index (χ4n) is 3.78. The van der Waals surface area contributed by atoms with Crippen LogP contribution in [-0.2, 0) is 0 Å². The number of para-hydroxylation sites is 1. The summed E-state index contributed by atoms with van der Waals surface area (Å²) in [5.74, 6) is 0.183. The Hall–Kier alpha value is -2.98. The molecule has 2 heterocycles. The van der Waals surface area contributed by atoms with Crippen LogP contribution < -0.4 is 4.90 Å². The van der Waals surface area contributed by atoms with Crippen molar-refractivity contribution in [3.05, 3.63) is 72.3 Å². The third-order valence-electron chi connectivity index (χ3n) is 5.10. The lowest BCUT2D eigenvalue weighted by atomic mass is 9.86. The molecular formula is C21H16N2O2. The number of carbonyl (C=O) groups excluding carboxylic acids is 1. The molecule has 0 aliphatic carbocycles. The molecule has 1 atom stereocenters. The van der Waals surface area contributed by atoms with E-state index in [0.717, 1.165) is 16.5 Å². The first-order valence-corrected chi connectivity index (χ1v) is 8.38. The zero-order chi connectivity index (χ0) is 17.0. The zero-order valence-electron chi connectivity index (χ0n) is 13.5. The Bertz CT molecular complexity index is 1040. The van der Waals surface area contributed by atoms with Gasteiger partial charge < -0.3 is 10.0 Å². The Morgan fingerprint density at radius 2 is 1.64 bits per heavy atom. The summed E-state index contributed by atoms with van der Waals surface area (Å²) in [6, 6.07) is 21.4. The summed E-state index contributed by atoms with van der Waals surface area (Å²) in [6.45, 7) is 0.568. The number of ketones is 1. The van der Waals surface area contributed by atoms with Gasteiger partial charge in [0.25, 0.3) is 0 Å². The minimum absolute atomic E-state index is 0.253. The maximum atomic E-state index is 13.1. The molecule has 4 nitrogen and oxygen atoms in total. The predicted octanol–water partition coefficient (Wildman–Crippen LogP) is 3.71. The molecule has 0 unspecified atom stereocenters. The molecule has 2 aliphatic rings. The Balaban J connectivity index is 1.72. The fraction of sp³-hybridized carbons (Fsp3) is 0.143. The molecule has 1 fully saturated rings. The van der Waals surface area contributed by atoms with E-state index in [1.807, 2.05) is 71.6 Å². The lowest BCUT2D eigenvalue weighted by Gasteiger charge is -2.29. The minimum atomic E-state index is -1.54. The number of rotatable bonds is 1. The lowest BCUT2D eigenvalue weighted by Crippen LogP contribution is -2.48. The van der Waals surface area contributed by atoms with Crippen LogP contribution in [-0.4, -0.2) is 28.9 Å². The molecule has 0 amide bonds. The number of carbonyl (C=O) groups is 1. The van der Waals surface area contributed by atoms with Crippen LogP contribution in [0.1, 0.15) is 16.8 Å². The van der Waals surface area contributed by atoms with E-state index in [9.17, 15) is 9.90 Å². The highest BCUT2D eigenvalue weighted by Gasteiger charge is 2.52. The second-order valence-electron chi connectivity index (χ2n) is 6.58. The number of aliphatic imine (C=N–C) groups is 1. The second-order valence-corrected chi connectivity index (χ2v) is 6.58. The van der Waals surface area contributed by atoms with Crippen molar-refractivity contribution in [2.75, 3.05) is 11.4 Å². The normalized spacial score (nSPS) is 21.9. The Morgan fingerprint density at radius 1 is 0.960 bits per heavy atom. The summed E-state index contributed by atoms with van der Waals surface area (Å²) in [5.41, 5.74) is 0.533. The van der Waals surface area contributed by atoms with Gasteiger partial charge in [0, 0.05) is 24.2 Å². The van der Waals surface area contributed by atoms with Gasteiger partial charge in [0.05, 0.1) is 5.69 Å². The first kappa shape index (κ1) is 14.4. The number of aliphatic hydroxyl groups is 1. The summed E-state index contributed by atoms with van der Waals surface area (Å²) in [6.07, 6.45) is 0.353. The van der Waals surface area contributed by atoms with Gasteiger partial charge in [-0.3, -0.25) is 4.79 Å². The van der Waals surface area contributed by atoms with Crippen molar-refractivity contribution < 1.29 is 9.90 Å². The SMILES string of the molecule is O=C1c2cc3ccccc3cc2N=C2N(c3ccccc3)CC[C@@]12O. The molecule has 5 rings (SSSR count). The van der Waals surface area contributed by atoms with Gasteiger partial charge in [-0.1, -0.05) is 42.5 Å². The maximum absolute atomic E-state index is 13.1. The van der Waals surface area contributed by atoms with Crippen molar-refractivity contribution in [2.24, 2.45) is 4.99 Å². The molecule has 0 bridgehead atoms. The molecule has 1 saturated heterocycles. The molecule has 122 valence electrons. The Labute approximate surface area is 145 Å². The summed E-state index contributed by atoms with van der Waals surface area (Å²) < 4.78 is 0. The van der Waals surface area contributed by atoms with Crippen LogP contribution in [0.2, 0.25) is 0 Å². The van der Waals surface area contributed by atoms with Crippen molar-refractivity contribution >= 4 is 33.8 Å². The van der Waals surface area contributed by atoms with E-state index >= 15 is 0 Å². The van der Waals surface area contributed by atoms with Crippen molar-refractivity contribution in [2.45, 2.75) is 12.0 Å². The maximum Gasteiger partial charge on any atom is 0.204 e. The molecule has 0 radical (unpaired) electrons. The highest BCUT2D eigenvalue weighted by Crippen LogP contribution is 2.40. The van der Waals surface area contributed by atoms with Crippen LogP contribution in [0.25, 0.3) is 10.8 Å². The summed E-state index contributed by atoms with van der Waals surface area (Å²) in [5, 5.41) is 13.1. The smallest absolute Gasteiger partial charge is 0.204 e. The first-order valence-electron chi connectivity index (χ1n) is 8.38. The summed E-state index contributed by atoms with van der Waals surface area (Å²) in [4.78, 5) is 19.7. The number of amidine groups is 1. The van der Waals surface area contributed by atoms with Crippen molar-refractivity contribution in [3.63, 3.8) is 0 Å². The van der Waals surface area contributed by atoms with Gasteiger partial charge in [0.2, 0.25) is 5.78 Å². The monoisotopic (exact) mass is 328 g/mol. The average molecular weight is 328 g/mol. The molecule has 2 aliphatic heterocycles. The Morgan fingerprint density at radius 3 is 2.40 bits per heavy atom. The number of anilines is 1.